The molecule has 0 spiro atoms. The topological polar surface area (TPSA) is 83.8 Å². The summed E-state index contributed by atoms with van der Waals surface area (Å²) in [5.41, 5.74) is 2.80. The van der Waals surface area contributed by atoms with Crippen molar-refractivity contribution in [1.82, 2.24) is 0 Å². The molecule has 166 valence electrons. The molecular weight excluding hydrogens is 460 g/mol. The SMILES string of the molecule is Cc1cc(Cl)cc(C)c1C(=O)c1sc2cc(O)ccc2c1Oc1ccc(C=CC(=O)O)cc1. The molecule has 0 aliphatic rings. The summed E-state index contributed by atoms with van der Waals surface area (Å²) in [4.78, 5) is 24.8. The number of aromatic hydroxyl groups is 1. The summed E-state index contributed by atoms with van der Waals surface area (Å²) in [5.74, 6) is -0.211. The van der Waals surface area contributed by atoms with Crippen LogP contribution in [0.5, 0.6) is 17.2 Å². The number of rotatable bonds is 6. The first kappa shape index (κ1) is 22.6. The molecule has 7 heteroatoms. The molecule has 0 saturated carbocycles. The maximum Gasteiger partial charge on any atom is 0.328 e. The number of aliphatic carboxylic acids is 1. The number of phenols is 1. The molecule has 5 nitrogen and oxygen atoms in total. The van der Waals surface area contributed by atoms with Crippen molar-refractivity contribution in [2.75, 3.05) is 0 Å². The second-order valence-electron chi connectivity index (χ2n) is 7.53. The molecule has 0 amide bonds. The van der Waals surface area contributed by atoms with Gasteiger partial charge in [0.2, 0.25) is 5.78 Å². The highest BCUT2D eigenvalue weighted by Gasteiger charge is 2.24. The predicted octanol–water partition coefficient (Wildman–Crippen LogP) is 7.00. The fourth-order valence-electron chi connectivity index (χ4n) is 3.63. The monoisotopic (exact) mass is 478 g/mol. The molecule has 0 fully saturated rings. The van der Waals surface area contributed by atoms with Crippen molar-refractivity contribution in [2.45, 2.75) is 13.8 Å². The van der Waals surface area contributed by atoms with Crippen molar-refractivity contribution in [2.24, 2.45) is 0 Å². The molecule has 1 heterocycles. The lowest BCUT2D eigenvalue weighted by molar-refractivity contribution is -0.131. The highest BCUT2D eigenvalue weighted by molar-refractivity contribution is 7.21. The smallest absolute Gasteiger partial charge is 0.328 e. The lowest BCUT2D eigenvalue weighted by atomic mass is 9.98. The first-order valence-electron chi connectivity index (χ1n) is 9.99. The Morgan fingerprint density at radius 1 is 1.00 bits per heavy atom. The van der Waals surface area contributed by atoms with Gasteiger partial charge in [-0.2, -0.15) is 0 Å². The van der Waals surface area contributed by atoms with Crippen LogP contribution in [0.15, 0.2) is 60.7 Å². The van der Waals surface area contributed by atoms with Crippen LogP contribution in [-0.2, 0) is 4.79 Å². The van der Waals surface area contributed by atoms with Crippen molar-refractivity contribution in [3.05, 3.63) is 92.8 Å². The number of ketones is 1. The van der Waals surface area contributed by atoms with Crippen molar-refractivity contribution >= 4 is 50.9 Å². The minimum absolute atomic E-state index is 0.0997. The van der Waals surface area contributed by atoms with E-state index in [0.29, 0.717) is 37.9 Å². The highest BCUT2D eigenvalue weighted by atomic mass is 35.5. The van der Waals surface area contributed by atoms with E-state index < -0.39 is 5.97 Å². The minimum atomic E-state index is -1.03. The number of hydrogen-bond donors (Lipinski definition) is 2. The predicted molar refractivity (Wildman–Crippen MR) is 131 cm³/mol. The summed E-state index contributed by atoms with van der Waals surface area (Å²) in [6.07, 6.45) is 2.54. The summed E-state index contributed by atoms with van der Waals surface area (Å²) in [6.45, 7) is 3.68. The van der Waals surface area contributed by atoms with Gasteiger partial charge < -0.3 is 14.9 Å². The average Bonchev–Trinajstić information content (AvgIpc) is 3.09. The number of fused-ring (bicyclic) bond motifs is 1. The van der Waals surface area contributed by atoms with Crippen LogP contribution in [0.3, 0.4) is 0 Å². The molecule has 33 heavy (non-hydrogen) atoms. The van der Waals surface area contributed by atoms with Gasteiger partial charge in [0.25, 0.3) is 0 Å². The highest BCUT2D eigenvalue weighted by Crippen LogP contribution is 2.43. The Hall–Kier alpha value is -3.61. The van der Waals surface area contributed by atoms with Gasteiger partial charge in [-0.15, -0.1) is 11.3 Å². The van der Waals surface area contributed by atoms with Crippen LogP contribution in [0, 0.1) is 13.8 Å². The second-order valence-corrected chi connectivity index (χ2v) is 9.02. The van der Waals surface area contributed by atoms with Crippen LogP contribution in [0.4, 0.5) is 0 Å². The van der Waals surface area contributed by atoms with Gasteiger partial charge in [0, 0.05) is 26.7 Å². The molecule has 4 aromatic rings. The van der Waals surface area contributed by atoms with E-state index in [-0.39, 0.29) is 11.5 Å². The van der Waals surface area contributed by atoms with Crippen molar-refractivity contribution in [3.8, 4) is 17.2 Å². The molecule has 0 radical (unpaired) electrons. The van der Waals surface area contributed by atoms with Crippen molar-refractivity contribution in [1.29, 1.82) is 0 Å². The van der Waals surface area contributed by atoms with E-state index in [1.165, 1.54) is 17.4 Å². The van der Waals surface area contributed by atoms with E-state index in [1.54, 1.807) is 54.6 Å². The van der Waals surface area contributed by atoms with Gasteiger partial charge in [0.05, 0.1) is 0 Å². The Bertz CT molecular complexity index is 1390. The summed E-state index contributed by atoms with van der Waals surface area (Å²) < 4.78 is 6.89. The fourth-order valence-corrected chi connectivity index (χ4v) is 5.06. The van der Waals surface area contributed by atoms with E-state index in [2.05, 4.69) is 0 Å². The zero-order valence-electron chi connectivity index (χ0n) is 17.8. The number of carbonyl (C=O) groups excluding carboxylic acids is 1. The van der Waals surface area contributed by atoms with Crippen LogP contribution in [0.1, 0.15) is 31.9 Å². The standard InChI is InChI=1S/C26H19ClO5S/c1-14-11-17(27)12-15(2)23(14)24(31)26-25(20-9-6-18(28)13-21(20)33-26)32-19-7-3-16(4-8-19)5-10-22(29)30/h3-13,28H,1-2H3,(H,29,30). The molecule has 4 rings (SSSR count). The van der Waals surface area contributed by atoms with Gasteiger partial charge in [0.1, 0.15) is 16.4 Å². The molecule has 3 aromatic carbocycles. The normalized spacial score (nSPS) is 11.2. The lowest BCUT2D eigenvalue weighted by Crippen LogP contribution is -2.06. The Kier molecular flexibility index (Phi) is 6.22. The first-order valence-corrected chi connectivity index (χ1v) is 11.2. The van der Waals surface area contributed by atoms with Gasteiger partial charge in [-0.3, -0.25) is 4.79 Å². The molecule has 0 bridgehead atoms. The third kappa shape index (κ3) is 4.77. The number of halogens is 1. The molecule has 0 atom stereocenters. The number of thiophene rings is 1. The average molecular weight is 479 g/mol. The summed E-state index contributed by atoms with van der Waals surface area (Å²) in [5, 5.41) is 20.0. The van der Waals surface area contributed by atoms with Crippen LogP contribution >= 0.6 is 22.9 Å². The van der Waals surface area contributed by atoms with Gasteiger partial charge in [-0.1, -0.05) is 23.7 Å². The summed E-state index contributed by atoms with van der Waals surface area (Å²) in [7, 11) is 0. The second kappa shape index (κ2) is 9.10. The third-order valence-corrected chi connectivity index (χ3v) is 6.43. The Morgan fingerprint density at radius 2 is 1.67 bits per heavy atom. The number of phenolic OH excluding ortho intramolecular Hbond substituents is 1. The van der Waals surface area contributed by atoms with Crippen LogP contribution in [0.25, 0.3) is 16.2 Å². The number of carbonyl (C=O) groups is 2. The largest absolute Gasteiger partial charge is 0.508 e. The molecule has 0 saturated heterocycles. The molecule has 1 aromatic heterocycles. The molecular formula is C26H19ClO5S. The Morgan fingerprint density at radius 3 is 2.30 bits per heavy atom. The molecule has 0 aliphatic carbocycles. The maximum absolute atomic E-state index is 13.6. The van der Waals surface area contributed by atoms with Crippen LogP contribution in [-0.4, -0.2) is 22.0 Å². The number of benzene rings is 3. The lowest BCUT2D eigenvalue weighted by Gasteiger charge is -2.11. The Balaban J connectivity index is 1.79. The van der Waals surface area contributed by atoms with Crippen LogP contribution < -0.4 is 4.74 Å². The van der Waals surface area contributed by atoms with Gasteiger partial charge in [-0.05, 0) is 79.1 Å². The van der Waals surface area contributed by atoms with E-state index in [1.807, 2.05) is 13.8 Å². The van der Waals surface area contributed by atoms with Gasteiger partial charge >= 0.3 is 5.97 Å². The van der Waals surface area contributed by atoms with E-state index in [9.17, 15) is 14.7 Å². The molecule has 0 aliphatic heterocycles. The molecule has 0 unspecified atom stereocenters. The zero-order chi connectivity index (χ0) is 23.7. The number of aryl methyl sites for hydroxylation is 2. The van der Waals surface area contributed by atoms with Crippen molar-refractivity contribution < 1.29 is 24.5 Å². The van der Waals surface area contributed by atoms with E-state index in [0.717, 1.165) is 21.9 Å². The number of hydrogen-bond acceptors (Lipinski definition) is 5. The number of ether oxygens (including phenoxy) is 1. The quantitative estimate of drug-likeness (QED) is 0.230. The fraction of sp³-hybridized carbons (Fsp3) is 0.0769. The number of carboxylic acid groups (broad SMARTS) is 1. The zero-order valence-corrected chi connectivity index (χ0v) is 19.3. The summed E-state index contributed by atoms with van der Waals surface area (Å²) >= 11 is 7.40. The van der Waals surface area contributed by atoms with Gasteiger partial charge in [0.15, 0.2) is 5.75 Å². The van der Waals surface area contributed by atoms with E-state index in [4.69, 9.17) is 21.4 Å². The minimum Gasteiger partial charge on any atom is -0.508 e. The van der Waals surface area contributed by atoms with Crippen molar-refractivity contribution in [3.63, 3.8) is 0 Å². The molecule has 2 N–H and O–H groups in total. The third-order valence-electron chi connectivity index (χ3n) is 5.08. The van der Waals surface area contributed by atoms with Gasteiger partial charge in [-0.25, -0.2) is 4.79 Å². The Labute approximate surface area is 199 Å². The van der Waals surface area contributed by atoms with Crippen LogP contribution in [0.2, 0.25) is 5.02 Å². The first-order chi connectivity index (χ1) is 15.7. The van der Waals surface area contributed by atoms with E-state index >= 15 is 0 Å². The summed E-state index contributed by atoms with van der Waals surface area (Å²) in [6, 6.07) is 15.2. The number of carboxylic acids is 1. The maximum atomic E-state index is 13.6.